The van der Waals surface area contributed by atoms with Crippen molar-refractivity contribution in [3.8, 4) is 0 Å². The van der Waals surface area contributed by atoms with Gasteiger partial charge in [-0.1, -0.05) is 31.9 Å². The molecule has 0 radical (unpaired) electrons. The smallest absolute Gasteiger partial charge is 0.0512 e. The fourth-order valence-electron chi connectivity index (χ4n) is 2.57. The van der Waals surface area contributed by atoms with Gasteiger partial charge in [-0.05, 0) is 50.1 Å². The molecule has 18 heavy (non-hydrogen) atoms. The molecule has 0 aromatic heterocycles. The van der Waals surface area contributed by atoms with Crippen molar-refractivity contribution in [3.05, 3.63) is 32.2 Å². The number of halogens is 2. The van der Waals surface area contributed by atoms with Crippen LogP contribution in [0.5, 0.6) is 0 Å². The SMILES string of the molecule is CNC(c1cc(Br)c(C)cc1Br)C1CCCOC1. The lowest BCUT2D eigenvalue weighted by molar-refractivity contribution is 0.0401. The highest BCUT2D eigenvalue weighted by Crippen LogP contribution is 2.35. The molecule has 1 saturated heterocycles. The van der Waals surface area contributed by atoms with Crippen LogP contribution in [0.1, 0.15) is 30.0 Å². The van der Waals surface area contributed by atoms with Crippen molar-refractivity contribution >= 4 is 31.9 Å². The molecule has 1 aromatic rings. The van der Waals surface area contributed by atoms with Crippen molar-refractivity contribution in [2.45, 2.75) is 25.8 Å². The number of hydrogen-bond acceptors (Lipinski definition) is 2. The number of hydrogen-bond donors (Lipinski definition) is 1. The van der Waals surface area contributed by atoms with Crippen LogP contribution in [0.25, 0.3) is 0 Å². The Balaban J connectivity index is 2.28. The zero-order valence-corrected chi connectivity index (χ0v) is 14.0. The average molecular weight is 377 g/mol. The Morgan fingerprint density at radius 1 is 1.33 bits per heavy atom. The molecule has 2 rings (SSSR count). The summed E-state index contributed by atoms with van der Waals surface area (Å²) in [5, 5.41) is 3.44. The van der Waals surface area contributed by atoms with E-state index >= 15 is 0 Å². The first-order valence-electron chi connectivity index (χ1n) is 6.34. The summed E-state index contributed by atoms with van der Waals surface area (Å²) in [4.78, 5) is 0. The molecule has 0 saturated carbocycles. The predicted octanol–water partition coefficient (Wildman–Crippen LogP) is 4.21. The number of rotatable bonds is 3. The topological polar surface area (TPSA) is 21.3 Å². The fourth-order valence-corrected chi connectivity index (χ4v) is 3.64. The summed E-state index contributed by atoms with van der Waals surface area (Å²) in [7, 11) is 2.03. The van der Waals surface area contributed by atoms with Gasteiger partial charge in [0.1, 0.15) is 0 Å². The minimum Gasteiger partial charge on any atom is -0.381 e. The average Bonchev–Trinajstić information content (AvgIpc) is 2.38. The quantitative estimate of drug-likeness (QED) is 0.853. The lowest BCUT2D eigenvalue weighted by atomic mass is 9.88. The Morgan fingerprint density at radius 2 is 2.11 bits per heavy atom. The monoisotopic (exact) mass is 375 g/mol. The van der Waals surface area contributed by atoms with Gasteiger partial charge < -0.3 is 10.1 Å². The molecule has 0 amide bonds. The van der Waals surface area contributed by atoms with Crippen LogP contribution >= 0.6 is 31.9 Å². The molecular weight excluding hydrogens is 358 g/mol. The van der Waals surface area contributed by atoms with Crippen LogP contribution in [0, 0.1) is 12.8 Å². The van der Waals surface area contributed by atoms with E-state index in [4.69, 9.17) is 4.74 Å². The number of ether oxygens (including phenoxy) is 1. The molecule has 2 nitrogen and oxygen atoms in total. The highest BCUT2D eigenvalue weighted by molar-refractivity contribution is 9.11. The van der Waals surface area contributed by atoms with E-state index in [-0.39, 0.29) is 0 Å². The second-order valence-electron chi connectivity index (χ2n) is 4.87. The van der Waals surface area contributed by atoms with E-state index in [9.17, 15) is 0 Å². The molecular formula is C14H19Br2NO. The molecule has 1 heterocycles. The number of nitrogens with one attached hydrogen (secondary N) is 1. The maximum atomic E-state index is 5.61. The molecule has 1 N–H and O–H groups in total. The Kier molecular flexibility index (Phi) is 5.24. The summed E-state index contributed by atoms with van der Waals surface area (Å²) in [6.45, 7) is 3.87. The molecule has 2 unspecified atom stereocenters. The van der Waals surface area contributed by atoms with Gasteiger partial charge in [0.25, 0.3) is 0 Å². The van der Waals surface area contributed by atoms with Crippen molar-refractivity contribution in [1.82, 2.24) is 5.32 Å². The lowest BCUT2D eigenvalue weighted by Gasteiger charge is -2.31. The zero-order valence-electron chi connectivity index (χ0n) is 10.8. The van der Waals surface area contributed by atoms with Crippen molar-refractivity contribution in [3.63, 3.8) is 0 Å². The summed E-state index contributed by atoms with van der Waals surface area (Å²) < 4.78 is 7.95. The normalized spacial score (nSPS) is 21.9. The Bertz CT molecular complexity index is 417. The number of aryl methyl sites for hydroxylation is 1. The standard InChI is InChI=1S/C14H19Br2NO/c1-9-6-13(16)11(7-12(9)15)14(17-2)10-4-3-5-18-8-10/h6-7,10,14,17H,3-5,8H2,1-2H3. The zero-order chi connectivity index (χ0) is 13.1. The van der Waals surface area contributed by atoms with Gasteiger partial charge in [0.15, 0.2) is 0 Å². The van der Waals surface area contributed by atoms with Gasteiger partial charge in [0.2, 0.25) is 0 Å². The fraction of sp³-hybridized carbons (Fsp3) is 0.571. The second kappa shape index (κ2) is 6.51. The van der Waals surface area contributed by atoms with E-state index in [1.54, 1.807) is 0 Å². The lowest BCUT2D eigenvalue weighted by Crippen LogP contribution is -2.31. The first kappa shape index (κ1) is 14.5. The van der Waals surface area contributed by atoms with Crippen molar-refractivity contribution < 1.29 is 4.74 Å². The van der Waals surface area contributed by atoms with Gasteiger partial charge in [-0.15, -0.1) is 0 Å². The van der Waals surface area contributed by atoms with Gasteiger partial charge in [-0.25, -0.2) is 0 Å². The van der Waals surface area contributed by atoms with Crippen LogP contribution in [0.4, 0.5) is 0 Å². The van der Waals surface area contributed by atoms with Crippen molar-refractivity contribution in [1.29, 1.82) is 0 Å². The van der Waals surface area contributed by atoms with Gasteiger partial charge in [0, 0.05) is 27.5 Å². The van der Waals surface area contributed by atoms with E-state index in [0.717, 1.165) is 24.1 Å². The van der Waals surface area contributed by atoms with Crippen LogP contribution in [-0.2, 0) is 4.74 Å². The molecule has 1 aliphatic heterocycles. The minimum atomic E-state index is 0.344. The van der Waals surface area contributed by atoms with E-state index in [1.165, 1.54) is 22.0 Å². The van der Waals surface area contributed by atoms with Crippen molar-refractivity contribution in [2.24, 2.45) is 5.92 Å². The molecule has 0 bridgehead atoms. The highest BCUT2D eigenvalue weighted by Gasteiger charge is 2.26. The highest BCUT2D eigenvalue weighted by atomic mass is 79.9. The van der Waals surface area contributed by atoms with Crippen LogP contribution < -0.4 is 5.32 Å². The largest absolute Gasteiger partial charge is 0.381 e. The summed E-state index contributed by atoms with van der Waals surface area (Å²) in [6, 6.07) is 4.74. The van der Waals surface area contributed by atoms with E-state index in [1.807, 2.05) is 7.05 Å². The Hall–Kier alpha value is 0.1000. The number of benzene rings is 1. The molecule has 0 spiro atoms. The van der Waals surface area contributed by atoms with E-state index in [0.29, 0.717) is 12.0 Å². The molecule has 1 aromatic carbocycles. The predicted molar refractivity (Wildman–Crippen MR) is 81.9 cm³/mol. The molecule has 4 heteroatoms. The third-order valence-electron chi connectivity index (χ3n) is 3.59. The summed E-state index contributed by atoms with van der Waals surface area (Å²) in [6.07, 6.45) is 2.39. The van der Waals surface area contributed by atoms with Crippen LogP contribution in [0.2, 0.25) is 0 Å². The van der Waals surface area contributed by atoms with Crippen molar-refractivity contribution in [2.75, 3.05) is 20.3 Å². The third-order valence-corrected chi connectivity index (χ3v) is 5.13. The summed E-state index contributed by atoms with van der Waals surface area (Å²) >= 11 is 7.31. The van der Waals surface area contributed by atoms with Gasteiger partial charge in [-0.3, -0.25) is 0 Å². The van der Waals surface area contributed by atoms with E-state index < -0.39 is 0 Å². The van der Waals surface area contributed by atoms with Crippen LogP contribution in [-0.4, -0.2) is 20.3 Å². The van der Waals surface area contributed by atoms with Crippen LogP contribution in [0.15, 0.2) is 21.1 Å². The first-order chi connectivity index (χ1) is 8.63. The molecule has 1 fully saturated rings. The maximum Gasteiger partial charge on any atom is 0.0512 e. The minimum absolute atomic E-state index is 0.344. The van der Waals surface area contributed by atoms with Gasteiger partial charge in [0.05, 0.1) is 6.61 Å². The Morgan fingerprint density at radius 3 is 2.72 bits per heavy atom. The second-order valence-corrected chi connectivity index (χ2v) is 6.58. The van der Waals surface area contributed by atoms with Gasteiger partial charge in [-0.2, -0.15) is 0 Å². The molecule has 1 aliphatic rings. The van der Waals surface area contributed by atoms with Crippen LogP contribution in [0.3, 0.4) is 0 Å². The summed E-state index contributed by atoms with van der Waals surface area (Å²) in [5.74, 6) is 0.551. The Labute approximate surface area is 126 Å². The summed E-state index contributed by atoms with van der Waals surface area (Å²) in [5.41, 5.74) is 2.56. The van der Waals surface area contributed by atoms with E-state index in [2.05, 4.69) is 56.2 Å². The first-order valence-corrected chi connectivity index (χ1v) is 7.92. The molecule has 0 aliphatic carbocycles. The van der Waals surface area contributed by atoms with Gasteiger partial charge >= 0.3 is 0 Å². The third kappa shape index (κ3) is 3.16. The molecule has 2 atom stereocenters. The molecule has 100 valence electrons. The maximum absolute atomic E-state index is 5.61.